The lowest BCUT2D eigenvalue weighted by atomic mass is 9.89. The fourth-order valence-electron chi connectivity index (χ4n) is 1.45. The summed E-state index contributed by atoms with van der Waals surface area (Å²) in [5, 5.41) is 9.05. The third-order valence-corrected chi connectivity index (χ3v) is 2.30. The average Bonchev–Trinajstić information content (AvgIpc) is 2.19. The Labute approximate surface area is 89.2 Å². The minimum absolute atomic E-state index is 0.261. The van der Waals surface area contributed by atoms with Crippen LogP contribution in [-0.4, -0.2) is 16.6 Å². The van der Waals surface area contributed by atoms with E-state index in [0.717, 1.165) is 5.56 Å². The Morgan fingerprint density at radius 1 is 1.47 bits per heavy atom. The van der Waals surface area contributed by atoms with Crippen molar-refractivity contribution in [3.05, 3.63) is 48.6 Å². The monoisotopic (exact) mass is 205 g/mol. The van der Waals surface area contributed by atoms with Crippen molar-refractivity contribution >= 4 is 5.97 Å². The molecule has 0 fully saturated rings. The van der Waals surface area contributed by atoms with Gasteiger partial charge in [-0.25, -0.2) is 0 Å². The maximum atomic E-state index is 11.0. The molecule has 0 unspecified atom stereocenters. The van der Waals surface area contributed by atoms with Crippen molar-refractivity contribution in [3.63, 3.8) is 0 Å². The van der Waals surface area contributed by atoms with Crippen molar-refractivity contribution < 1.29 is 9.90 Å². The van der Waals surface area contributed by atoms with Gasteiger partial charge in [0, 0.05) is 6.42 Å². The fourth-order valence-corrected chi connectivity index (χ4v) is 1.45. The molecule has 0 heterocycles. The molecule has 0 aliphatic heterocycles. The number of carboxylic acids is 1. The molecule has 0 bridgehead atoms. The molecule has 1 aromatic carbocycles. The topological polar surface area (TPSA) is 63.3 Å². The number of carbonyl (C=O) groups is 1. The van der Waals surface area contributed by atoms with Gasteiger partial charge in [0.15, 0.2) is 0 Å². The van der Waals surface area contributed by atoms with Crippen LogP contribution in [0.3, 0.4) is 0 Å². The second-order valence-electron chi connectivity index (χ2n) is 3.62. The molecule has 15 heavy (non-hydrogen) atoms. The van der Waals surface area contributed by atoms with Crippen LogP contribution in [0.5, 0.6) is 0 Å². The van der Waals surface area contributed by atoms with Gasteiger partial charge in [-0.15, -0.1) is 6.58 Å². The van der Waals surface area contributed by atoms with Crippen molar-refractivity contribution in [1.29, 1.82) is 0 Å². The van der Waals surface area contributed by atoms with E-state index in [4.69, 9.17) is 10.8 Å². The summed E-state index contributed by atoms with van der Waals surface area (Å²) in [5.41, 5.74) is 5.49. The predicted octanol–water partition coefficient (Wildman–Crippen LogP) is 1.59. The van der Waals surface area contributed by atoms with E-state index >= 15 is 0 Å². The van der Waals surface area contributed by atoms with Crippen LogP contribution < -0.4 is 5.73 Å². The van der Waals surface area contributed by atoms with Gasteiger partial charge in [-0.3, -0.25) is 4.79 Å². The summed E-state index contributed by atoms with van der Waals surface area (Å²) >= 11 is 0. The van der Waals surface area contributed by atoms with E-state index in [1.54, 1.807) is 0 Å². The quantitative estimate of drug-likeness (QED) is 0.717. The van der Waals surface area contributed by atoms with Crippen molar-refractivity contribution in [2.75, 3.05) is 0 Å². The van der Waals surface area contributed by atoms with E-state index in [-0.39, 0.29) is 6.42 Å². The lowest BCUT2D eigenvalue weighted by Gasteiger charge is -2.23. The summed E-state index contributed by atoms with van der Waals surface area (Å²) in [5.74, 6) is -0.994. The molecule has 0 saturated carbocycles. The van der Waals surface area contributed by atoms with Gasteiger partial charge in [0.25, 0.3) is 0 Å². The van der Waals surface area contributed by atoms with Gasteiger partial charge >= 0.3 is 5.97 Å². The second-order valence-corrected chi connectivity index (χ2v) is 3.62. The van der Waals surface area contributed by atoms with Crippen molar-refractivity contribution in [3.8, 4) is 0 Å². The lowest BCUT2D eigenvalue weighted by Crippen LogP contribution is -2.49. The molecule has 0 aromatic heterocycles. The molecule has 0 aliphatic rings. The van der Waals surface area contributed by atoms with E-state index in [1.165, 1.54) is 6.08 Å². The van der Waals surface area contributed by atoms with E-state index in [1.807, 2.05) is 30.3 Å². The Bertz CT molecular complexity index is 348. The third kappa shape index (κ3) is 2.92. The molecular formula is C12H15NO2. The molecule has 0 radical (unpaired) electrons. The summed E-state index contributed by atoms with van der Waals surface area (Å²) in [6, 6.07) is 9.36. The summed E-state index contributed by atoms with van der Waals surface area (Å²) in [6.07, 6.45) is 2.11. The van der Waals surface area contributed by atoms with Gasteiger partial charge in [0.2, 0.25) is 0 Å². The van der Waals surface area contributed by atoms with Gasteiger partial charge < -0.3 is 10.8 Å². The Morgan fingerprint density at radius 2 is 2.07 bits per heavy atom. The normalized spacial score (nSPS) is 14.2. The van der Waals surface area contributed by atoms with Crippen LogP contribution in [0.25, 0.3) is 0 Å². The van der Waals surface area contributed by atoms with Gasteiger partial charge in [-0.1, -0.05) is 36.4 Å². The zero-order valence-electron chi connectivity index (χ0n) is 8.52. The highest BCUT2D eigenvalue weighted by Gasteiger charge is 2.32. The molecule has 3 nitrogen and oxygen atoms in total. The average molecular weight is 205 g/mol. The molecule has 1 rings (SSSR count). The number of aliphatic carboxylic acids is 1. The van der Waals surface area contributed by atoms with Gasteiger partial charge in [0.05, 0.1) is 0 Å². The smallest absolute Gasteiger partial charge is 0.324 e. The molecule has 3 N–H and O–H groups in total. The van der Waals surface area contributed by atoms with E-state index in [0.29, 0.717) is 6.42 Å². The molecule has 0 spiro atoms. The largest absolute Gasteiger partial charge is 0.480 e. The maximum Gasteiger partial charge on any atom is 0.324 e. The Kier molecular flexibility index (Phi) is 3.63. The van der Waals surface area contributed by atoms with Gasteiger partial charge in [-0.05, 0) is 12.0 Å². The molecule has 3 heteroatoms. The van der Waals surface area contributed by atoms with Crippen LogP contribution in [0.1, 0.15) is 12.0 Å². The molecular weight excluding hydrogens is 190 g/mol. The zero-order chi connectivity index (χ0) is 11.3. The third-order valence-electron chi connectivity index (χ3n) is 2.30. The Morgan fingerprint density at radius 3 is 2.53 bits per heavy atom. The molecule has 80 valence electrons. The van der Waals surface area contributed by atoms with Crippen LogP contribution in [-0.2, 0) is 11.2 Å². The van der Waals surface area contributed by atoms with Gasteiger partial charge in [-0.2, -0.15) is 0 Å². The summed E-state index contributed by atoms with van der Waals surface area (Å²) < 4.78 is 0. The van der Waals surface area contributed by atoms with Crippen LogP contribution in [0.4, 0.5) is 0 Å². The molecule has 1 aromatic rings. The van der Waals surface area contributed by atoms with Crippen LogP contribution >= 0.6 is 0 Å². The molecule has 1 atom stereocenters. The highest BCUT2D eigenvalue weighted by atomic mass is 16.4. The summed E-state index contributed by atoms with van der Waals surface area (Å²) in [4.78, 5) is 11.0. The SMILES string of the molecule is C=CC[C@@](N)(Cc1ccccc1)C(=O)O. The van der Waals surface area contributed by atoms with E-state index in [9.17, 15) is 4.79 Å². The molecule has 0 saturated heterocycles. The minimum Gasteiger partial charge on any atom is -0.480 e. The number of nitrogens with two attached hydrogens (primary N) is 1. The molecule has 0 aliphatic carbocycles. The number of hydrogen-bond donors (Lipinski definition) is 2. The second kappa shape index (κ2) is 4.75. The van der Waals surface area contributed by atoms with Crippen LogP contribution in [0, 0.1) is 0 Å². The first kappa shape index (κ1) is 11.5. The Balaban J connectivity index is 2.84. The Hall–Kier alpha value is -1.61. The number of rotatable bonds is 5. The van der Waals surface area contributed by atoms with Gasteiger partial charge in [0.1, 0.15) is 5.54 Å². The maximum absolute atomic E-state index is 11.0. The summed E-state index contributed by atoms with van der Waals surface area (Å²) in [6.45, 7) is 3.53. The van der Waals surface area contributed by atoms with Crippen LogP contribution in [0.2, 0.25) is 0 Å². The van der Waals surface area contributed by atoms with E-state index < -0.39 is 11.5 Å². The zero-order valence-corrected chi connectivity index (χ0v) is 8.52. The summed E-state index contributed by atoms with van der Waals surface area (Å²) in [7, 11) is 0. The standard InChI is InChI=1S/C12H15NO2/c1-2-8-12(13,11(14)15)9-10-6-4-3-5-7-10/h2-7H,1,8-9,13H2,(H,14,15)/t12-/m1/s1. The first-order valence-corrected chi connectivity index (χ1v) is 4.75. The first-order chi connectivity index (χ1) is 7.08. The predicted molar refractivity (Wildman–Crippen MR) is 59.5 cm³/mol. The van der Waals surface area contributed by atoms with Crippen LogP contribution in [0.15, 0.2) is 43.0 Å². The highest BCUT2D eigenvalue weighted by Crippen LogP contribution is 2.15. The lowest BCUT2D eigenvalue weighted by molar-refractivity contribution is -0.143. The van der Waals surface area contributed by atoms with Crippen molar-refractivity contribution in [2.45, 2.75) is 18.4 Å². The number of benzene rings is 1. The van der Waals surface area contributed by atoms with Crippen molar-refractivity contribution in [2.24, 2.45) is 5.73 Å². The highest BCUT2D eigenvalue weighted by molar-refractivity contribution is 5.79. The van der Waals surface area contributed by atoms with E-state index in [2.05, 4.69) is 6.58 Å². The molecule has 0 amide bonds. The first-order valence-electron chi connectivity index (χ1n) is 4.75. The van der Waals surface area contributed by atoms with Crippen molar-refractivity contribution in [1.82, 2.24) is 0 Å². The minimum atomic E-state index is -1.25. The fraction of sp³-hybridized carbons (Fsp3) is 0.250. The number of carboxylic acid groups (broad SMARTS) is 1. The number of hydrogen-bond acceptors (Lipinski definition) is 2.